The van der Waals surface area contributed by atoms with E-state index < -0.39 is 0 Å². The molecule has 3 aliphatic heterocycles. The SMILES string of the molecule is CCN(CC)C(=O)N(C1CCCCC1)C1CC2CCC(C1)N2C(=O)[C@H](Cc1ccc(Cl)cc1)NC1CCSC1. The number of halogens is 1. The normalized spacial score (nSPS) is 27.9. The quantitative estimate of drug-likeness (QED) is 0.395. The fourth-order valence-electron chi connectivity index (χ4n) is 7.57. The second kappa shape index (κ2) is 13.5. The van der Waals surface area contributed by atoms with Crippen LogP contribution in [0.1, 0.15) is 83.6 Å². The molecule has 1 aliphatic carbocycles. The Morgan fingerprint density at radius 1 is 0.974 bits per heavy atom. The number of nitrogens with zero attached hydrogens (tertiary/aromatic N) is 3. The third-order valence-electron chi connectivity index (χ3n) is 9.60. The molecule has 4 atom stereocenters. The van der Waals surface area contributed by atoms with Crippen molar-refractivity contribution in [1.82, 2.24) is 20.0 Å². The van der Waals surface area contributed by atoms with Gasteiger partial charge in [0.15, 0.2) is 0 Å². The zero-order chi connectivity index (χ0) is 27.4. The first kappa shape index (κ1) is 29.1. The standard InChI is InChI=1S/C31H47ClN4O2S/c1-3-34(4-2)31(38)36(25-8-6-5-7-9-25)28-19-26-14-15-27(20-28)35(26)30(37)29(33-24-16-17-39-21-24)18-22-10-12-23(32)13-11-22/h10-13,24-29,33H,3-9,14-21H2,1-2H3/t24?,26?,27?,28?,29-/m0/s1. The van der Waals surface area contributed by atoms with Crippen molar-refractivity contribution in [3.8, 4) is 0 Å². The summed E-state index contributed by atoms with van der Waals surface area (Å²) in [6, 6.07) is 9.36. The topological polar surface area (TPSA) is 55.9 Å². The van der Waals surface area contributed by atoms with Gasteiger partial charge in [0.1, 0.15) is 0 Å². The molecule has 39 heavy (non-hydrogen) atoms. The average molecular weight is 575 g/mol. The summed E-state index contributed by atoms with van der Waals surface area (Å²) in [7, 11) is 0. The minimum Gasteiger partial charge on any atom is -0.335 e. The zero-order valence-electron chi connectivity index (χ0n) is 23.8. The molecule has 8 heteroatoms. The van der Waals surface area contributed by atoms with Gasteiger partial charge in [0, 0.05) is 54.1 Å². The lowest BCUT2D eigenvalue weighted by molar-refractivity contribution is -0.139. The van der Waals surface area contributed by atoms with Crippen molar-refractivity contribution in [2.45, 2.75) is 121 Å². The number of urea groups is 1. The van der Waals surface area contributed by atoms with E-state index in [2.05, 4.69) is 41.1 Å². The first-order valence-electron chi connectivity index (χ1n) is 15.5. The van der Waals surface area contributed by atoms with Gasteiger partial charge < -0.3 is 20.0 Å². The first-order valence-corrected chi connectivity index (χ1v) is 17.0. The molecule has 1 aromatic rings. The minimum atomic E-state index is -0.221. The summed E-state index contributed by atoms with van der Waals surface area (Å²) < 4.78 is 0. The molecule has 1 N–H and O–H groups in total. The number of fused-ring (bicyclic) bond motifs is 2. The summed E-state index contributed by atoms with van der Waals surface area (Å²) >= 11 is 8.12. The summed E-state index contributed by atoms with van der Waals surface area (Å²) in [6.45, 7) is 5.67. The monoisotopic (exact) mass is 574 g/mol. The summed E-state index contributed by atoms with van der Waals surface area (Å²) in [5.41, 5.74) is 1.14. The van der Waals surface area contributed by atoms with Crippen LogP contribution in [0.15, 0.2) is 24.3 Å². The van der Waals surface area contributed by atoms with Gasteiger partial charge in [0.25, 0.3) is 0 Å². The predicted molar refractivity (Wildman–Crippen MR) is 162 cm³/mol. The number of piperidine rings is 1. The maximum Gasteiger partial charge on any atom is 0.320 e. The average Bonchev–Trinajstić information content (AvgIpc) is 3.56. The lowest BCUT2D eigenvalue weighted by Gasteiger charge is -2.48. The Hall–Kier alpha value is -1.44. The molecule has 4 aliphatic rings. The third kappa shape index (κ3) is 6.73. The second-order valence-electron chi connectivity index (χ2n) is 12.0. The van der Waals surface area contributed by atoms with E-state index in [4.69, 9.17) is 11.6 Å². The molecule has 2 bridgehead atoms. The summed E-state index contributed by atoms with van der Waals surface area (Å²) in [5, 5.41) is 4.49. The van der Waals surface area contributed by atoms with Gasteiger partial charge in [-0.1, -0.05) is 43.0 Å². The number of thioether (sulfide) groups is 1. The van der Waals surface area contributed by atoms with E-state index in [9.17, 15) is 9.59 Å². The molecule has 3 heterocycles. The number of nitrogens with one attached hydrogen (secondary N) is 1. The molecule has 5 rings (SSSR count). The van der Waals surface area contributed by atoms with Crippen LogP contribution in [0.2, 0.25) is 5.02 Å². The van der Waals surface area contributed by atoms with Crippen LogP contribution in [-0.2, 0) is 11.2 Å². The van der Waals surface area contributed by atoms with Gasteiger partial charge >= 0.3 is 6.03 Å². The summed E-state index contributed by atoms with van der Waals surface area (Å²) in [6.07, 6.45) is 11.7. The van der Waals surface area contributed by atoms with E-state index in [0.29, 0.717) is 18.5 Å². The van der Waals surface area contributed by atoms with Crippen LogP contribution in [0.3, 0.4) is 0 Å². The highest BCUT2D eigenvalue weighted by Gasteiger charge is 2.48. The maximum atomic E-state index is 14.3. The van der Waals surface area contributed by atoms with Crippen LogP contribution in [0.5, 0.6) is 0 Å². The van der Waals surface area contributed by atoms with Crippen molar-refractivity contribution in [2.75, 3.05) is 24.6 Å². The van der Waals surface area contributed by atoms with Gasteiger partial charge in [0.05, 0.1) is 6.04 Å². The number of carbonyl (C=O) groups is 2. The summed E-state index contributed by atoms with van der Waals surface area (Å²) in [5.74, 6) is 2.49. The van der Waals surface area contributed by atoms with Gasteiger partial charge in [-0.3, -0.25) is 4.79 Å². The molecule has 0 aromatic heterocycles. The van der Waals surface area contributed by atoms with Crippen LogP contribution in [0, 0.1) is 0 Å². The molecule has 3 unspecified atom stereocenters. The fourth-order valence-corrected chi connectivity index (χ4v) is 8.86. The van der Waals surface area contributed by atoms with Gasteiger partial charge in [0.2, 0.25) is 5.91 Å². The van der Waals surface area contributed by atoms with Crippen molar-refractivity contribution >= 4 is 35.3 Å². The predicted octanol–water partition coefficient (Wildman–Crippen LogP) is 5.96. The molecule has 3 saturated heterocycles. The van der Waals surface area contributed by atoms with Gasteiger partial charge in [-0.05, 0) is 88.7 Å². The molecular weight excluding hydrogens is 528 g/mol. The number of benzene rings is 1. The van der Waals surface area contributed by atoms with Crippen LogP contribution in [0.25, 0.3) is 0 Å². The van der Waals surface area contributed by atoms with E-state index >= 15 is 0 Å². The van der Waals surface area contributed by atoms with E-state index in [1.54, 1.807) is 0 Å². The molecular formula is C31H47ClN4O2S. The van der Waals surface area contributed by atoms with Crippen LogP contribution < -0.4 is 5.32 Å². The number of carbonyl (C=O) groups excluding carboxylic acids is 2. The lowest BCUT2D eigenvalue weighted by Crippen LogP contribution is -2.61. The van der Waals surface area contributed by atoms with Crippen LogP contribution in [-0.4, -0.2) is 87.5 Å². The Balaban J connectivity index is 1.33. The van der Waals surface area contributed by atoms with Crippen molar-refractivity contribution in [3.63, 3.8) is 0 Å². The third-order valence-corrected chi connectivity index (χ3v) is 11.0. The highest BCUT2D eigenvalue weighted by molar-refractivity contribution is 7.99. The minimum absolute atomic E-state index is 0.220. The van der Waals surface area contributed by atoms with Crippen molar-refractivity contribution in [3.05, 3.63) is 34.9 Å². The first-order chi connectivity index (χ1) is 19.0. The largest absolute Gasteiger partial charge is 0.335 e. The summed E-state index contributed by atoms with van der Waals surface area (Å²) in [4.78, 5) is 34.6. The molecule has 6 nitrogen and oxygen atoms in total. The fraction of sp³-hybridized carbons (Fsp3) is 0.742. The molecule has 1 saturated carbocycles. The molecule has 216 valence electrons. The second-order valence-corrected chi connectivity index (χ2v) is 13.6. The highest BCUT2D eigenvalue weighted by atomic mass is 35.5. The molecule has 4 fully saturated rings. The number of amides is 3. The Labute approximate surface area is 244 Å². The van der Waals surface area contributed by atoms with Crippen LogP contribution >= 0.6 is 23.4 Å². The maximum absolute atomic E-state index is 14.3. The zero-order valence-corrected chi connectivity index (χ0v) is 25.4. The van der Waals surface area contributed by atoms with Crippen molar-refractivity contribution in [2.24, 2.45) is 0 Å². The Bertz CT molecular complexity index is 948. The van der Waals surface area contributed by atoms with E-state index in [1.807, 2.05) is 28.8 Å². The van der Waals surface area contributed by atoms with Gasteiger partial charge in [-0.15, -0.1) is 0 Å². The number of hydrogen-bond acceptors (Lipinski definition) is 4. The van der Waals surface area contributed by atoms with E-state index in [1.165, 1.54) is 19.3 Å². The van der Waals surface area contributed by atoms with Gasteiger partial charge in [-0.2, -0.15) is 11.8 Å². The Morgan fingerprint density at radius 3 is 2.23 bits per heavy atom. The molecule has 1 aromatic carbocycles. The van der Waals surface area contributed by atoms with E-state index in [-0.39, 0.29) is 36.1 Å². The van der Waals surface area contributed by atoms with Crippen LogP contribution in [0.4, 0.5) is 4.79 Å². The lowest BCUT2D eigenvalue weighted by atomic mass is 9.89. The molecule has 0 radical (unpaired) electrons. The Morgan fingerprint density at radius 2 is 1.64 bits per heavy atom. The smallest absolute Gasteiger partial charge is 0.320 e. The molecule has 3 amide bonds. The van der Waals surface area contributed by atoms with Crippen molar-refractivity contribution < 1.29 is 9.59 Å². The van der Waals surface area contributed by atoms with E-state index in [0.717, 1.165) is 80.1 Å². The number of hydrogen-bond donors (Lipinski definition) is 1. The highest BCUT2D eigenvalue weighted by Crippen LogP contribution is 2.40. The molecule has 0 spiro atoms. The van der Waals surface area contributed by atoms with Crippen molar-refractivity contribution in [1.29, 1.82) is 0 Å². The Kier molecular flexibility index (Phi) is 10.0. The number of rotatable bonds is 9. The van der Waals surface area contributed by atoms with Gasteiger partial charge in [-0.25, -0.2) is 4.79 Å².